The number of nitrogens with one attached hydrogen (secondary N) is 2. The SMILES string of the molecule is CN(C)CCCn1cc(C2=C(c3c[nH]c4ccccc34)C(=O)NC2=O)c2ccc(Cl)cc21. The van der Waals surface area contributed by atoms with Crippen LogP contribution in [-0.2, 0) is 16.1 Å². The maximum atomic E-state index is 13.0. The van der Waals surface area contributed by atoms with E-state index in [0.29, 0.717) is 16.2 Å². The number of amides is 2. The molecule has 1 aliphatic heterocycles. The predicted octanol–water partition coefficient (Wildman–Crippen LogP) is 4.29. The van der Waals surface area contributed by atoms with Crippen molar-refractivity contribution < 1.29 is 9.59 Å². The number of hydrogen-bond donors (Lipinski definition) is 2. The summed E-state index contributed by atoms with van der Waals surface area (Å²) in [7, 11) is 4.09. The largest absolute Gasteiger partial charge is 0.361 e. The van der Waals surface area contributed by atoms with Crippen molar-refractivity contribution in [2.24, 2.45) is 0 Å². The van der Waals surface area contributed by atoms with Crippen molar-refractivity contribution in [3.8, 4) is 0 Å². The molecule has 0 unspecified atom stereocenters. The van der Waals surface area contributed by atoms with E-state index in [1.807, 2.05) is 62.8 Å². The number of aromatic amines is 1. The maximum absolute atomic E-state index is 13.0. The molecular formula is C25H23ClN4O2. The van der Waals surface area contributed by atoms with Crippen molar-refractivity contribution in [1.29, 1.82) is 0 Å². The fraction of sp³-hybridized carbons (Fsp3) is 0.200. The average molecular weight is 447 g/mol. The summed E-state index contributed by atoms with van der Waals surface area (Å²) in [4.78, 5) is 31.3. The van der Waals surface area contributed by atoms with E-state index in [1.165, 1.54) is 0 Å². The molecule has 2 amide bonds. The Balaban J connectivity index is 1.72. The van der Waals surface area contributed by atoms with Gasteiger partial charge in [-0.05, 0) is 45.3 Å². The van der Waals surface area contributed by atoms with E-state index >= 15 is 0 Å². The van der Waals surface area contributed by atoms with Gasteiger partial charge in [0.05, 0.1) is 16.7 Å². The second-order valence-corrected chi connectivity index (χ2v) is 8.77. The molecule has 0 saturated heterocycles. The first-order chi connectivity index (χ1) is 15.4. The van der Waals surface area contributed by atoms with E-state index in [0.717, 1.165) is 52.4 Å². The number of fused-ring (bicyclic) bond motifs is 2. The minimum atomic E-state index is -0.378. The van der Waals surface area contributed by atoms with Crippen molar-refractivity contribution in [2.45, 2.75) is 13.0 Å². The van der Waals surface area contributed by atoms with Crippen LogP contribution in [0.4, 0.5) is 0 Å². The van der Waals surface area contributed by atoms with Crippen LogP contribution in [0.25, 0.3) is 33.0 Å². The summed E-state index contributed by atoms with van der Waals surface area (Å²) in [5.74, 6) is -0.755. The van der Waals surface area contributed by atoms with E-state index in [4.69, 9.17) is 11.6 Å². The van der Waals surface area contributed by atoms with Crippen LogP contribution in [0.2, 0.25) is 5.02 Å². The Labute approximate surface area is 190 Å². The minimum absolute atomic E-state index is 0.377. The Bertz CT molecular complexity index is 1410. The molecule has 0 atom stereocenters. The van der Waals surface area contributed by atoms with Crippen LogP contribution in [0.1, 0.15) is 17.5 Å². The fourth-order valence-corrected chi connectivity index (χ4v) is 4.62. The molecule has 0 fully saturated rings. The van der Waals surface area contributed by atoms with Gasteiger partial charge in [-0.1, -0.05) is 35.9 Å². The number of rotatable bonds is 6. The molecule has 32 heavy (non-hydrogen) atoms. The van der Waals surface area contributed by atoms with E-state index in [-0.39, 0.29) is 11.8 Å². The van der Waals surface area contributed by atoms with Gasteiger partial charge in [0, 0.05) is 51.4 Å². The number of aryl methyl sites for hydroxylation is 1. The second kappa shape index (κ2) is 7.97. The first-order valence-corrected chi connectivity index (χ1v) is 10.9. The predicted molar refractivity (Wildman–Crippen MR) is 128 cm³/mol. The number of benzene rings is 2. The first kappa shape index (κ1) is 20.5. The number of imide groups is 1. The standard InChI is InChI=1S/C25H23ClN4O2/c1-29(2)10-5-11-30-14-19(17-9-8-15(26)12-21(17)30)23-22(24(31)28-25(23)32)18-13-27-20-7-4-3-6-16(18)20/h3-4,6-9,12-14,27H,5,10-11H2,1-2H3,(H,28,31,32). The molecule has 0 radical (unpaired) electrons. The molecule has 7 heteroatoms. The molecule has 3 heterocycles. The van der Waals surface area contributed by atoms with E-state index in [9.17, 15) is 9.59 Å². The van der Waals surface area contributed by atoms with Crippen molar-refractivity contribution in [2.75, 3.05) is 20.6 Å². The van der Waals surface area contributed by atoms with Crippen LogP contribution in [0.5, 0.6) is 0 Å². The molecule has 0 aliphatic carbocycles. The fourth-order valence-electron chi connectivity index (χ4n) is 4.45. The Kier molecular flexibility index (Phi) is 5.12. The summed E-state index contributed by atoms with van der Waals surface area (Å²) in [5, 5.41) is 4.94. The zero-order chi connectivity index (χ0) is 22.4. The molecule has 1 aliphatic rings. The van der Waals surface area contributed by atoms with Gasteiger partial charge in [-0.2, -0.15) is 0 Å². The topological polar surface area (TPSA) is 70.1 Å². The highest BCUT2D eigenvalue weighted by Crippen LogP contribution is 2.38. The molecule has 2 aromatic heterocycles. The van der Waals surface area contributed by atoms with Crippen LogP contribution in [0, 0.1) is 0 Å². The molecule has 2 aromatic carbocycles. The van der Waals surface area contributed by atoms with Gasteiger partial charge in [-0.15, -0.1) is 0 Å². The molecule has 5 rings (SSSR count). The van der Waals surface area contributed by atoms with Gasteiger partial charge in [0.2, 0.25) is 0 Å². The number of hydrogen-bond acceptors (Lipinski definition) is 3. The first-order valence-electron chi connectivity index (χ1n) is 10.5. The van der Waals surface area contributed by atoms with Gasteiger partial charge in [-0.25, -0.2) is 0 Å². The zero-order valence-electron chi connectivity index (χ0n) is 17.9. The van der Waals surface area contributed by atoms with E-state index in [1.54, 1.807) is 6.20 Å². The lowest BCUT2D eigenvalue weighted by atomic mass is 9.95. The number of carbonyl (C=O) groups is 2. The molecule has 0 bridgehead atoms. The molecule has 2 N–H and O–H groups in total. The highest BCUT2D eigenvalue weighted by molar-refractivity contribution is 6.50. The number of H-pyrrole nitrogens is 1. The van der Waals surface area contributed by atoms with Crippen molar-refractivity contribution >= 4 is 56.4 Å². The molecule has 4 aromatic rings. The van der Waals surface area contributed by atoms with Crippen LogP contribution in [0.15, 0.2) is 54.9 Å². The Morgan fingerprint density at radius 1 is 0.969 bits per heavy atom. The highest BCUT2D eigenvalue weighted by Gasteiger charge is 2.35. The molecule has 0 spiro atoms. The third-order valence-electron chi connectivity index (χ3n) is 5.91. The van der Waals surface area contributed by atoms with Crippen LogP contribution in [-0.4, -0.2) is 46.9 Å². The van der Waals surface area contributed by atoms with Gasteiger partial charge < -0.3 is 14.5 Å². The third kappa shape index (κ3) is 3.42. The Hall–Kier alpha value is -3.35. The molecule has 162 valence electrons. The number of aromatic nitrogens is 2. The number of halogens is 1. The highest BCUT2D eigenvalue weighted by atomic mass is 35.5. The summed E-state index contributed by atoms with van der Waals surface area (Å²) in [5.41, 5.74) is 4.13. The van der Waals surface area contributed by atoms with Crippen LogP contribution in [0.3, 0.4) is 0 Å². The summed E-state index contributed by atoms with van der Waals surface area (Å²) in [6.07, 6.45) is 4.71. The lowest BCUT2D eigenvalue weighted by molar-refractivity contribution is -0.122. The minimum Gasteiger partial charge on any atom is -0.361 e. The number of nitrogens with zero attached hydrogens (tertiary/aromatic N) is 2. The molecule has 0 saturated carbocycles. The van der Waals surface area contributed by atoms with Gasteiger partial charge in [0.15, 0.2) is 0 Å². The van der Waals surface area contributed by atoms with Crippen LogP contribution < -0.4 is 5.32 Å². The second-order valence-electron chi connectivity index (χ2n) is 8.34. The van der Waals surface area contributed by atoms with Gasteiger partial charge in [0.25, 0.3) is 11.8 Å². The van der Waals surface area contributed by atoms with Crippen molar-refractivity contribution in [3.63, 3.8) is 0 Å². The number of carbonyl (C=O) groups excluding carboxylic acids is 2. The molecule has 6 nitrogen and oxygen atoms in total. The number of para-hydroxylation sites is 1. The Morgan fingerprint density at radius 3 is 2.50 bits per heavy atom. The van der Waals surface area contributed by atoms with Crippen molar-refractivity contribution in [1.82, 2.24) is 19.8 Å². The Morgan fingerprint density at radius 2 is 1.72 bits per heavy atom. The van der Waals surface area contributed by atoms with E-state index in [2.05, 4.69) is 19.8 Å². The normalized spacial score (nSPS) is 14.4. The third-order valence-corrected chi connectivity index (χ3v) is 6.14. The quantitative estimate of drug-likeness (QED) is 0.434. The van der Waals surface area contributed by atoms with Crippen LogP contribution >= 0.6 is 11.6 Å². The lowest BCUT2D eigenvalue weighted by Crippen LogP contribution is -2.22. The smallest absolute Gasteiger partial charge is 0.259 e. The summed E-state index contributed by atoms with van der Waals surface area (Å²) in [6, 6.07) is 13.4. The van der Waals surface area contributed by atoms with Crippen molar-refractivity contribution in [3.05, 3.63) is 71.0 Å². The maximum Gasteiger partial charge on any atom is 0.259 e. The van der Waals surface area contributed by atoms with Gasteiger partial charge in [-0.3, -0.25) is 14.9 Å². The average Bonchev–Trinajstić information content (AvgIpc) is 3.41. The molecular weight excluding hydrogens is 424 g/mol. The summed E-state index contributed by atoms with van der Waals surface area (Å²) in [6.45, 7) is 1.72. The zero-order valence-corrected chi connectivity index (χ0v) is 18.7. The lowest BCUT2D eigenvalue weighted by Gasteiger charge is -2.10. The summed E-state index contributed by atoms with van der Waals surface area (Å²) < 4.78 is 2.12. The monoisotopic (exact) mass is 446 g/mol. The summed E-state index contributed by atoms with van der Waals surface area (Å²) >= 11 is 6.30. The van der Waals surface area contributed by atoms with E-state index < -0.39 is 0 Å². The van der Waals surface area contributed by atoms with Gasteiger partial charge in [0.1, 0.15) is 0 Å². The van der Waals surface area contributed by atoms with Gasteiger partial charge >= 0.3 is 0 Å².